The van der Waals surface area contributed by atoms with Crippen LogP contribution in [0.4, 0.5) is 13.2 Å². The maximum Gasteiger partial charge on any atom is 0.416 e. The maximum absolute atomic E-state index is 12.8. The minimum absolute atomic E-state index is 0.283. The molecule has 20 heavy (non-hydrogen) atoms. The number of sulfonamides is 1. The molecule has 8 heteroatoms. The molecule has 0 aliphatic carbocycles. The molecule has 0 aliphatic rings. The van der Waals surface area contributed by atoms with E-state index in [0.717, 1.165) is 25.1 Å². The molecular formula is C12H17F3N2O2S. The van der Waals surface area contributed by atoms with Crippen molar-refractivity contribution in [2.45, 2.75) is 37.4 Å². The number of hydrogen-bond donors (Lipinski definition) is 2. The Hall–Kier alpha value is -1.12. The summed E-state index contributed by atoms with van der Waals surface area (Å²) in [6.07, 6.45) is -4.18. The molecule has 0 amide bonds. The zero-order valence-corrected chi connectivity index (χ0v) is 12.0. The van der Waals surface area contributed by atoms with Crippen molar-refractivity contribution in [3.63, 3.8) is 0 Å². The number of halogens is 3. The van der Waals surface area contributed by atoms with Crippen LogP contribution in [-0.2, 0) is 16.2 Å². The van der Waals surface area contributed by atoms with E-state index in [4.69, 9.17) is 5.73 Å². The Bertz CT molecular complexity index is 571. The molecule has 3 N–H and O–H groups in total. The molecule has 0 bridgehead atoms. The zero-order chi connectivity index (χ0) is 15.6. The summed E-state index contributed by atoms with van der Waals surface area (Å²) in [7, 11) is -4.00. The predicted octanol–water partition coefficient (Wildman–Crippen LogP) is 2.03. The third kappa shape index (κ3) is 3.94. The largest absolute Gasteiger partial charge is 0.416 e. The number of alkyl halides is 3. The van der Waals surface area contributed by atoms with Gasteiger partial charge in [0.2, 0.25) is 10.0 Å². The molecule has 0 aliphatic heterocycles. The molecule has 1 atom stereocenters. The summed E-state index contributed by atoms with van der Waals surface area (Å²) in [6.45, 7) is 3.03. The number of rotatable bonds is 5. The molecule has 1 rings (SSSR count). The SMILES string of the molecule is Cc1c(C(F)(F)F)cccc1S(=O)(=O)NC(C)CCN. The van der Waals surface area contributed by atoms with Gasteiger partial charge in [0.1, 0.15) is 0 Å². The second-order valence-electron chi connectivity index (χ2n) is 4.53. The quantitative estimate of drug-likeness (QED) is 0.874. The topological polar surface area (TPSA) is 72.2 Å². The van der Waals surface area contributed by atoms with Gasteiger partial charge in [0.15, 0.2) is 0 Å². The highest BCUT2D eigenvalue weighted by Gasteiger charge is 2.34. The highest BCUT2D eigenvalue weighted by Crippen LogP contribution is 2.34. The van der Waals surface area contributed by atoms with E-state index in [2.05, 4.69) is 4.72 Å². The monoisotopic (exact) mass is 310 g/mol. The Morgan fingerprint density at radius 2 is 1.95 bits per heavy atom. The summed E-state index contributed by atoms with van der Waals surface area (Å²) < 4.78 is 64.8. The van der Waals surface area contributed by atoms with E-state index in [1.165, 1.54) is 0 Å². The zero-order valence-electron chi connectivity index (χ0n) is 11.2. The Kier molecular flexibility index (Phi) is 5.17. The molecule has 0 aromatic heterocycles. The van der Waals surface area contributed by atoms with Gasteiger partial charge in [0, 0.05) is 6.04 Å². The lowest BCUT2D eigenvalue weighted by atomic mass is 10.1. The number of nitrogens with two attached hydrogens (primary N) is 1. The van der Waals surface area contributed by atoms with Crippen molar-refractivity contribution >= 4 is 10.0 Å². The van der Waals surface area contributed by atoms with Crippen molar-refractivity contribution in [2.24, 2.45) is 5.73 Å². The first kappa shape index (κ1) is 16.9. The van der Waals surface area contributed by atoms with E-state index in [0.29, 0.717) is 6.42 Å². The Morgan fingerprint density at radius 1 is 1.35 bits per heavy atom. The van der Waals surface area contributed by atoms with Gasteiger partial charge in [-0.15, -0.1) is 0 Å². The van der Waals surface area contributed by atoms with Crippen LogP contribution in [-0.4, -0.2) is 21.0 Å². The van der Waals surface area contributed by atoms with Gasteiger partial charge in [-0.1, -0.05) is 6.07 Å². The van der Waals surface area contributed by atoms with Gasteiger partial charge < -0.3 is 5.73 Å². The molecule has 0 radical (unpaired) electrons. The number of nitrogens with one attached hydrogen (secondary N) is 1. The molecule has 0 saturated carbocycles. The van der Waals surface area contributed by atoms with E-state index < -0.39 is 27.8 Å². The maximum atomic E-state index is 12.8. The van der Waals surface area contributed by atoms with Gasteiger partial charge >= 0.3 is 6.18 Å². The second kappa shape index (κ2) is 6.11. The van der Waals surface area contributed by atoms with Gasteiger partial charge in [0.25, 0.3) is 0 Å². The smallest absolute Gasteiger partial charge is 0.330 e. The van der Waals surface area contributed by atoms with Crippen LogP contribution in [0.1, 0.15) is 24.5 Å². The normalized spacial score (nSPS) is 14.3. The van der Waals surface area contributed by atoms with Crippen LogP contribution >= 0.6 is 0 Å². The van der Waals surface area contributed by atoms with E-state index in [1.54, 1.807) is 6.92 Å². The third-order valence-electron chi connectivity index (χ3n) is 2.84. The van der Waals surface area contributed by atoms with Crippen molar-refractivity contribution in [3.8, 4) is 0 Å². The lowest BCUT2D eigenvalue weighted by molar-refractivity contribution is -0.138. The van der Waals surface area contributed by atoms with Crippen molar-refractivity contribution in [2.75, 3.05) is 6.54 Å². The summed E-state index contributed by atoms with van der Waals surface area (Å²) in [6, 6.07) is 2.65. The van der Waals surface area contributed by atoms with Crippen LogP contribution in [0.5, 0.6) is 0 Å². The molecule has 1 unspecified atom stereocenters. The van der Waals surface area contributed by atoms with E-state index >= 15 is 0 Å². The summed E-state index contributed by atoms with van der Waals surface area (Å²) in [4.78, 5) is -0.365. The third-order valence-corrected chi connectivity index (χ3v) is 4.57. The fourth-order valence-corrected chi connectivity index (χ4v) is 3.40. The highest BCUT2D eigenvalue weighted by atomic mass is 32.2. The summed E-state index contributed by atoms with van der Waals surface area (Å²) in [5, 5.41) is 0. The Morgan fingerprint density at radius 3 is 2.45 bits per heavy atom. The fourth-order valence-electron chi connectivity index (χ4n) is 1.85. The van der Waals surface area contributed by atoms with Crippen LogP contribution in [0.2, 0.25) is 0 Å². The summed E-state index contributed by atoms with van der Waals surface area (Å²) >= 11 is 0. The molecule has 4 nitrogen and oxygen atoms in total. The average Bonchev–Trinajstić information content (AvgIpc) is 2.26. The Balaban J connectivity index is 3.20. The van der Waals surface area contributed by atoms with E-state index in [-0.39, 0.29) is 17.0 Å². The molecule has 1 aromatic carbocycles. The second-order valence-corrected chi connectivity index (χ2v) is 6.21. The molecular weight excluding hydrogens is 293 g/mol. The number of hydrogen-bond acceptors (Lipinski definition) is 3. The van der Waals surface area contributed by atoms with Gasteiger partial charge in [-0.05, 0) is 44.5 Å². The standard InChI is InChI=1S/C12H17F3N2O2S/c1-8(6-7-16)17-20(18,19)11-5-3-4-10(9(11)2)12(13,14)15/h3-5,8,17H,6-7,16H2,1-2H3. The first-order chi connectivity index (χ1) is 9.09. The minimum atomic E-state index is -4.58. The highest BCUT2D eigenvalue weighted by molar-refractivity contribution is 7.89. The van der Waals surface area contributed by atoms with Crippen molar-refractivity contribution < 1.29 is 21.6 Å². The molecule has 0 spiro atoms. The number of benzene rings is 1. The van der Waals surface area contributed by atoms with Gasteiger partial charge in [0.05, 0.1) is 10.5 Å². The van der Waals surface area contributed by atoms with Gasteiger partial charge in [-0.25, -0.2) is 13.1 Å². The van der Waals surface area contributed by atoms with Crippen molar-refractivity contribution in [1.29, 1.82) is 0 Å². The first-order valence-corrected chi connectivity index (χ1v) is 7.47. The molecule has 0 heterocycles. The van der Waals surface area contributed by atoms with Crippen LogP contribution in [0.15, 0.2) is 23.1 Å². The molecule has 0 fully saturated rings. The predicted molar refractivity (Wildman–Crippen MR) is 69.6 cm³/mol. The summed E-state index contributed by atoms with van der Waals surface area (Å²) in [5.74, 6) is 0. The molecule has 1 aromatic rings. The van der Waals surface area contributed by atoms with Gasteiger partial charge in [-0.2, -0.15) is 13.2 Å². The fraction of sp³-hybridized carbons (Fsp3) is 0.500. The minimum Gasteiger partial charge on any atom is -0.330 e. The van der Waals surface area contributed by atoms with Crippen LogP contribution in [0.25, 0.3) is 0 Å². The van der Waals surface area contributed by atoms with Crippen LogP contribution in [0.3, 0.4) is 0 Å². The van der Waals surface area contributed by atoms with E-state index in [9.17, 15) is 21.6 Å². The Labute approximate surface area is 116 Å². The average molecular weight is 310 g/mol. The summed E-state index contributed by atoms with van der Waals surface area (Å²) in [5.41, 5.74) is 4.05. The molecule has 114 valence electrons. The van der Waals surface area contributed by atoms with Crippen LogP contribution < -0.4 is 10.5 Å². The van der Waals surface area contributed by atoms with E-state index in [1.807, 2.05) is 0 Å². The molecule has 0 saturated heterocycles. The lowest BCUT2D eigenvalue weighted by Crippen LogP contribution is -2.34. The lowest BCUT2D eigenvalue weighted by Gasteiger charge is -2.17. The van der Waals surface area contributed by atoms with Crippen molar-refractivity contribution in [3.05, 3.63) is 29.3 Å². The first-order valence-electron chi connectivity index (χ1n) is 5.99. The van der Waals surface area contributed by atoms with Gasteiger partial charge in [-0.3, -0.25) is 0 Å². The van der Waals surface area contributed by atoms with Crippen molar-refractivity contribution in [1.82, 2.24) is 4.72 Å². The van der Waals surface area contributed by atoms with Crippen LogP contribution in [0, 0.1) is 6.92 Å².